The van der Waals surface area contributed by atoms with E-state index in [2.05, 4.69) is 17.1 Å². The number of nitrogen functional groups attached to an aromatic ring is 1. The van der Waals surface area contributed by atoms with Crippen LogP contribution in [0.2, 0.25) is 0 Å². The van der Waals surface area contributed by atoms with Crippen LogP contribution < -0.4 is 5.73 Å². The van der Waals surface area contributed by atoms with Crippen LogP contribution in [0.1, 0.15) is 11.3 Å². The lowest BCUT2D eigenvalue weighted by Gasteiger charge is -2.00. The quantitative estimate of drug-likeness (QED) is 0.776. The second-order valence-corrected chi connectivity index (χ2v) is 3.35. The second kappa shape index (κ2) is 3.54. The fraction of sp³-hybridized carbons (Fsp3) is 0.182. The third-order valence-electron chi connectivity index (χ3n) is 2.28. The van der Waals surface area contributed by atoms with Crippen LogP contribution in [0, 0.1) is 0 Å². The molecule has 0 bridgehead atoms. The lowest BCUT2D eigenvalue weighted by Crippen LogP contribution is -1.99. The number of hydrogen-bond donors (Lipinski definition) is 1. The number of aromatic nitrogens is 2. The van der Waals surface area contributed by atoms with E-state index < -0.39 is 0 Å². The molecular formula is C11H13N3. The van der Waals surface area contributed by atoms with Gasteiger partial charge in [0.1, 0.15) is 5.82 Å². The van der Waals surface area contributed by atoms with Crippen LogP contribution in [0.4, 0.5) is 5.82 Å². The lowest BCUT2D eigenvalue weighted by atomic mass is 10.1. The molecule has 2 N–H and O–H groups in total. The van der Waals surface area contributed by atoms with Crippen molar-refractivity contribution < 1.29 is 0 Å². The van der Waals surface area contributed by atoms with E-state index in [9.17, 15) is 0 Å². The average Bonchev–Trinajstić information content (AvgIpc) is 2.52. The van der Waals surface area contributed by atoms with Crippen LogP contribution in [0.3, 0.4) is 0 Å². The first-order valence-corrected chi connectivity index (χ1v) is 4.57. The Balaban J connectivity index is 2.23. The van der Waals surface area contributed by atoms with Crippen molar-refractivity contribution in [2.24, 2.45) is 7.05 Å². The highest BCUT2D eigenvalue weighted by Gasteiger charge is 2.04. The molecule has 0 aliphatic carbocycles. The van der Waals surface area contributed by atoms with E-state index >= 15 is 0 Å². The van der Waals surface area contributed by atoms with Crippen LogP contribution in [-0.2, 0) is 13.5 Å². The Morgan fingerprint density at radius 3 is 2.57 bits per heavy atom. The van der Waals surface area contributed by atoms with Crippen molar-refractivity contribution in [3.05, 3.63) is 47.9 Å². The molecular weight excluding hydrogens is 174 g/mol. The Hall–Kier alpha value is -1.77. The zero-order valence-corrected chi connectivity index (χ0v) is 8.14. The first kappa shape index (κ1) is 8.81. The molecule has 0 amide bonds. The van der Waals surface area contributed by atoms with Crippen molar-refractivity contribution in [3.8, 4) is 0 Å². The Kier molecular flexibility index (Phi) is 2.23. The van der Waals surface area contributed by atoms with Crippen LogP contribution in [0.15, 0.2) is 36.7 Å². The van der Waals surface area contributed by atoms with Crippen molar-refractivity contribution in [2.75, 3.05) is 5.73 Å². The van der Waals surface area contributed by atoms with Gasteiger partial charge in [0.25, 0.3) is 0 Å². The fourth-order valence-electron chi connectivity index (χ4n) is 1.41. The van der Waals surface area contributed by atoms with Crippen molar-refractivity contribution in [3.63, 3.8) is 0 Å². The van der Waals surface area contributed by atoms with Gasteiger partial charge < -0.3 is 10.3 Å². The van der Waals surface area contributed by atoms with E-state index in [1.54, 1.807) is 6.33 Å². The lowest BCUT2D eigenvalue weighted by molar-refractivity contribution is 0.925. The maximum Gasteiger partial charge on any atom is 0.126 e. The minimum absolute atomic E-state index is 0.744. The normalized spacial score (nSPS) is 10.4. The van der Waals surface area contributed by atoms with Gasteiger partial charge in [-0.2, -0.15) is 0 Å². The van der Waals surface area contributed by atoms with Gasteiger partial charge in [0.05, 0.1) is 12.0 Å². The minimum Gasteiger partial charge on any atom is -0.384 e. The van der Waals surface area contributed by atoms with E-state index in [0.29, 0.717) is 0 Å². The molecule has 0 fully saturated rings. The van der Waals surface area contributed by atoms with Crippen molar-refractivity contribution >= 4 is 5.82 Å². The molecule has 0 unspecified atom stereocenters. The highest BCUT2D eigenvalue weighted by Crippen LogP contribution is 2.13. The maximum atomic E-state index is 5.85. The molecule has 0 atom stereocenters. The van der Waals surface area contributed by atoms with E-state index in [0.717, 1.165) is 17.9 Å². The standard InChI is InChI=1S/C11H13N3/c1-14-8-13-10(11(14)12)7-9-5-3-2-4-6-9/h2-6,8H,7,12H2,1H3. The van der Waals surface area contributed by atoms with Crippen LogP contribution in [-0.4, -0.2) is 9.55 Å². The minimum atomic E-state index is 0.744. The molecule has 2 aromatic rings. The molecule has 3 heteroatoms. The zero-order valence-electron chi connectivity index (χ0n) is 8.14. The van der Waals surface area contributed by atoms with Crippen molar-refractivity contribution in [2.45, 2.75) is 6.42 Å². The van der Waals surface area contributed by atoms with Gasteiger partial charge in [0.15, 0.2) is 0 Å². The topological polar surface area (TPSA) is 43.8 Å². The van der Waals surface area contributed by atoms with E-state index in [1.807, 2.05) is 29.8 Å². The molecule has 0 aliphatic heterocycles. The summed E-state index contributed by atoms with van der Waals surface area (Å²) < 4.78 is 1.83. The zero-order chi connectivity index (χ0) is 9.97. The van der Waals surface area contributed by atoms with Gasteiger partial charge >= 0.3 is 0 Å². The fourth-order valence-corrected chi connectivity index (χ4v) is 1.41. The first-order valence-electron chi connectivity index (χ1n) is 4.57. The van der Waals surface area contributed by atoms with Gasteiger partial charge in [-0.15, -0.1) is 0 Å². The summed E-state index contributed by atoms with van der Waals surface area (Å²) >= 11 is 0. The number of anilines is 1. The van der Waals surface area contributed by atoms with Crippen LogP contribution in [0.5, 0.6) is 0 Å². The summed E-state index contributed by atoms with van der Waals surface area (Å²) in [6.45, 7) is 0. The number of imidazole rings is 1. The number of nitrogens with two attached hydrogens (primary N) is 1. The monoisotopic (exact) mass is 187 g/mol. The van der Waals surface area contributed by atoms with Crippen LogP contribution >= 0.6 is 0 Å². The number of rotatable bonds is 2. The maximum absolute atomic E-state index is 5.85. The molecule has 0 saturated heterocycles. The van der Waals surface area contributed by atoms with Gasteiger partial charge in [-0.3, -0.25) is 0 Å². The van der Waals surface area contributed by atoms with Gasteiger partial charge in [0.2, 0.25) is 0 Å². The van der Waals surface area contributed by atoms with E-state index in [4.69, 9.17) is 5.73 Å². The Morgan fingerprint density at radius 2 is 2.00 bits per heavy atom. The summed E-state index contributed by atoms with van der Waals surface area (Å²) in [7, 11) is 1.90. The van der Waals surface area contributed by atoms with Gasteiger partial charge in [0, 0.05) is 13.5 Å². The van der Waals surface area contributed by atoms with Crippen molar-refractivity contribution in [1.82, 2.24) is 9.55 Å². The predicted octanol–water partition coefficient (Wildman–Crippen LogP) is 1.59. The highest BCUT2D eigenvalue weighted by atomic mass is 15.1. The van der Waals surface area contributed by atoms with Gasteiger partial charge in [-0.25, -0.2) is 4.98 Å². The molecule has 0 spiro atoms. The molecule has 0 radical (unpaired) electrons. The van der Waals surface area contributed by atoms with Crippen molar-refractivity contribution in [1.29, 1.82) is 0 Å². The third-order valence-corrected chi connectivity index (χ3v) is 2.28. The number of aryl methyl sites for hydroxylation is 1. The van der Waals surface area contributed by atoms with E-state index in [1.165, 1.54) is 5.56 Å². The third kappa shape index (κ3) is 1.62. The Morgan fingerprint density at radius 1 is 1.29 bits per heavy atom. The molecule has 0 aliphatic rings. The molecule has 2 rings (SSSR count). The molecule has 72 valence electrons. The highest BCUT2D eigenvalue weighted by molar-refractivity contribution is 5.38. The summed E-state index contributed by atoms with van der Waals surface area (Å²) in [5.41, 5.74) is 8.03. The van der Waals surface area contributed by atoms with Gasteiger partial charge in [-0.05, 0) is 5.56 Å². The smallest absolute Gasteiger partial charge is 0.126 e. The molecule has 3 nitrogen and oxygen atoms in total. The summed E-state index contributed by atoms with van der Waals surface area (Å²) in [6, 6.07) is 10.2. The summed E-state index contributed by atoms with van der Waals surface area (Å²) in [5, 5.41) is 0. The Bertz CT molecular complexity index is 417. The predicted molar refractivity (Wildman–Crippen MR) is 56.9 cm³/mol. The summed E-state index contributed by atoms with van der Waals surface area (Å²) in [6.07, 6.45) is 2.54. The van der Waals surface area contributed by atoms with Gasteiger partial charge in [-0.1, -0.05) is 30.3 Å². The molecule has 1 aromatic carbocycles. The largest absolute Gasteiger partial charge is 0.384 e. The molecule has 1 aromatic heterocycles. The SMILES string of the molecule is Cn1cnc(Cc2ccccc2)c1N. The number of benzene rings is 1. The molecule has 14 heavy (non-hydrogen) atoms. The summed E-state index contributed by atoms with van der Waals surface area (Å²) in [4.78, 5) is 4.25. The first-order chi connectivity index (χ1) is 6.77. The average molecular weight is 187 g/mol. The molecule has 1 heterocycles. The number of nitrogens with zero attached hydrogens (tertiary/aromatic N) is 2. The van der Waals surface area contributed by atoms with Crippen LogP contribution in [0.25, 0.3) is 0 Å². The Labute approximate surface area is 83.2 Å². The van der Waals surface area contributed by atoms with E-state index in [-0.39, 0.29) is 0 Å². The molecule has 0 saturated carbocycles. The number of hydrogen-bond acceptors (Lipinski definition) is 2. The second-order valence-electron chi connectivity index (χ2n) is 3.35. The summed E-state index contributed by atoms with van der Waals surface area (Å²) in [5.74, 6) is 0.744.